The monoisotopic (exact) mass is 246 g/mol. The number of rotatable bonds is 2. The van der Waals surface area contributed by atoms with Gasteiger partial charge >= 0.3 is 0 Å². The lowest BCUT2D eigenvalue weighted by molar-refractivity contribution is 1.04. The zero-order valence-corrected chi connectivity index (χ0v) is 11.3. The summed E-state index contributed by atoms with van der Waals surface area (Å²) >= 11 is 0. The molecule has 94 valence electrons. The highest BCUT2D eigenvalue weighted by Crippen LogP contribution is 2.35. The minimum Gasteiger partial charge on any atom is -0.0757 e. The number of hydrogen-bond donors (Lipinski definition) is 0. The van der Waals surface area contributed by atoms with E-state index in [4.69, 9.17) is 0 Å². The van der Waals surface area contributed by atoms with Crippen LogP contribution in [0.4, 0.5) is 0 Å². The highest BCUT2D eigenvalue weighted by molar-refractivity contribution is 6.05. The van der Waals surface area contributed by atoms with Gasteiger partial charge in [-0.1, -0.05) is 72.3 Å². The van der Waals surface area contributed by atoms with Gasteiger partial charge in [-0.2, -0.15) is 0 Å². The first kappa shape index (κ1) is 12.0. The second-order valence-electron chi connectivity index (χ2n) is 5.05. The quantitative estimate of drug-likeness (QED) is 0.678. The molecular formula is C19H18. The number of benzene rings is 2. The molecule has 3 rings (SSSR count). The van der Waals surface area contributed by atoms with Gasteiger partial charge < -0.3 is 0 Å². The van der Waals surface area contributed by atoms with Gasteiger partial charge in [-0.05, 0) is 42.0 Å². The average molecular weight is 246 g/mol. The van der Waals surface area contributed by atoms with Gasteiger partial charge in [0.05, 0.1) is 0 Å². The van der Waals surface area contributed by atoms with E-state index in [0.29, 0.717) is 0 Å². The van der Waals surface area contributed by atoms with Crippen LogP contribution in [0.2, 0.25) is 0 Å². The van der Waals surface area contributed by atoms with E-state index in [1.54, 1.807) is 0 Å². The van der Waals surface area contributed by atoms with Crippen LogP contribution in [0.3, 0.4) is 0 Å². The second-order valence-corrected chi connectivity index (χ2v) is 5.05. The first-order chi connectivity index (χ1) is 9.34. The predicted molar refractivity (Wildman–Crippen MR) is 82.8 cm³/mol. The Bertz CT molecular complexity index is 630. The highest BCUT2D eigenvalue weighted by Gasteiger charge is 2.12. The number of allylic oxidation sites excluding steroid dienone is 4. The van der Waals surface area contributed by atoms with Crippen LogP contribution in [-0.4, -0.2) is 0 Å². The van der Waals surface area contributed by atoms with Gasteiger partial charge in [-0.25, -0.2) is 0 Å². The van der Waals surface area contributed by atoms with Gasteiger partial charge in [0.15, 0.2) is 0 Å². The van der Waals surface area contributed by atoms with Crippen molar-refractivity contribution in [2.75, 3.05) is 0 Å². The number of aryl methyl sites for hydroxylation is 1. The summed E-state index contributed by atoms with van der Waals surface area (Å²) in [6, 6.07) is 19.5. The molecule has 1 aliphatic carbocycles. The standard InChI is InChI=1S/C19H18/c1-15-8-7-11-17(14-15)19-13-6-5-12-18(19)16-9-3-2-4-10-16/h2-4,7-14H,5-6H2,1H3. The van der Waals surface area contributed by atoms with Crippen LogP contribution in [0.25, 0.3) is 11.1 Å². The van der Waals surface area contributed by atoms with E-state index >= 15 is 0 Å². The minimum atomic E-state index is 1.14. The number of hydrogen-bond acceptors (Lipinski definition) is 0. The van der Waals surface area contributed by atoms with E-state index in [2.05, 4.69) is 73.7 Å². The summed E-state index contributed by atoms with van der Waals surface area (Å²) in [4.78, 5) is 0. The molecule has 0 atom stereocenters. The normalized spacial score (nSPS) is 14.8. The fraction of sp³-hybridized carbons (Fsp3) is 0.158. The molecule has 0 amide bonds. The Morgan fingerprint density at radius 2 is 1.32 bits per heavy atom. The molecular weight excluding hydrogens is 228 g/mol. The van der Waals surface area contributed by atoms with Crippen molar-refractivity contribution in [2.24, 2.45) is 0 Å². The molecule has 1 aliphatic rings. The van der Waals surface area contributed by atoms with Crippen molar-refractivity contribution in [3.63, 3.8) is 0 Å². The van der Waals surface area contributed by atoms with E-state index in [0.717, 1.165) is 12.8 Å². The van der Waals surface area contributed by atoms with Crippen LogP contribution in [0.1, 0.15) is 29.5 Å². The summed E-state index contributed by atoms with van der Waals surface area (Å²) in [5, 5.41) is 0. The molecule has 0 saturated carbocycles. The van der Waals surface area contributed by atoms with Gasteiger partial charge in [-0.15, -0.1) is 0 Å². The molecule has 0 heteroatoms. The van der Waals surface area contributed by atoms with Crippen molar-refractivity contribution in [3.8, 4) is 0 Å². The van der Waals surface area contributed by atoms with Crippen molar-refractivity contribution >= 4 is 11.1 Å². The Labute approximate surface area is 115 Å². The lowest BCUT2D eigenvalue weighted by Crippen LogP contribution is -1.95. The van der Waals surface area contributed by atoms with Gasteiger partial charge in [-0.3, -0.25) is 0 Å². The zero-order chi connectivity index (χ0) is 13.1. The average Bonchev–Trinajstić information content (AvgIpc) is 2.48. The highest BCUT2D eigenvalue weighted by atomic mass is 14.2. The van der Waals surface area contributed by atoms with Gasteiger partial charge in [0.25, 0.3) is 0 Å². The molecule has 0 aromatic heterocycles. The molecule has 0 aliphatic heterocycles. The lowest BCUT2D eigenvalue weighted by Gasteiger charge is -2.17. The van der Waals surface area contributed by atoms with Crippen LogP contribution in [0, 0.1) is 6.92 Å². The fourth-order valence-electron chi connectivity index (χ4n) is 2.65. The van der Waals surface area contributed by atoms with Crippen LogP contribution >= 0.6 is 0 Å². The largest absolute Gasteiger partial charge is 0.0757 e. The van der Waals surface area contributed by atoms with E-state index in [1.165, 1.54) is 27.8 Å². The Balaban J connectivity index is 2.05. The third-order valence-corrected chi connectivity index (χ3v) is 3.57. The van der Waals surface area contributed by atoms with Gasteiger partial charge in [0.1, 0.15) is 0 Å². The van der Waals surface area contributed by atoms with Crippen LogP contribution < -0.4 is 0 Å². The van der Waals surface area contributed by atoms with Crippen molar-refractivity contribution in [3.05, 3.63) is 83.4 Å². The summed E-state index contributed by atoms with van der Waals surface area (Å²) in [6.45, 7) is 2.15. The first-order valence-electron chi connectivity index (χ1n) is 6.88. The lowest BCUT2D eigenvalue weighted by atomic mass is 9.87. The summed E-state index contributed by atoms with van der Waals surface area (Å²) in [5.74, 6) is 0. The first-order valence-corrected chi connectivity index (χ1v) is 6.88. The van der Waals surface area contributed by atoms with Gasteiger partial charge in [0.2, 0.25) is 0 Å². The predicted octanol–water partition coefficient (Wildman–Crippen LogP) is 5.26. The molecule has 0 spiro atoms. The smallest absolute Gasteiger partial charge is 0.0148 e. The van der Waals surface area contributed by atoms with Crippen molar-refractivity contribution in [2.45, 2.75) is 19.8 Å². The SMILES string of the molecule is Cc1cccc(C2=CCCC=C2c2ccccc2)c1. The van der Waals surface area contributed by atoms with Crippen molar-refractivity contribution in [1.82, 2.24) is 0 Å². The topological polar surface area (TPSA) is 0 Å². The van der Waals surface area contributed by atoms with Crippen LogP contribution in [-0.2, 0) is 0 Å². The summed E-state index contributed by atoms with van der Waals surface area (Å²) in [5.41, 5.74) is 6.71. The fourth-order valence-corrected chi connectivity index (χ4v) is 2.65. The molecule has 0 bridgehead atoms. The Morgan fingerprint density at radius 1 is 0.684 bits per heavy atom. The van der Waals surface area contributed by atoms with Gasteiger partial charge in [0, 0.05) is 0 Å². The summed E-state index contributed by atoms with van der Waals surface area (Å²) < 4.78 is 0. The van der Waals surface area contributed by atoms with Crippen LogP contribution in [0.15, 0.2) is 66.7 Å². The maximum Gasteiger partial charge on any atom is -0.0148 e. The molecule has 0 fully saturated rings. The van der Waals surface area contributed by atoms with E-state index in [1.807, 2.05) is 0 Å². The van der Waals surface area contributed by atoms with Crippen molar-refractivity contribution in [1.29, 1.82) is 0 Å². The maximum atomic E-state index is 2.37. The zero-order valence-electron chi connectivity index (χ0n) is 11.3. The third-order valence-electron chi connectivity index (χ3n) is 3.57. The van der Waals surface area contributed by atoms with E-state index in [-0.39, 0.29) is 0 Å². The molecule has 0 heterocycles. The molecule has 19 heavy (non-hydrogen) atoms. The Morgan fingerprint density at radius 3 is 2.00 bits per heavy atom. The van der Waals surface area contributed by atoms with Crippen molar-refractivity contribution < 1.29 is 0 Å². The maximum absolute atomic E-state index is 2.37. The molecule has 2 aromatic carbocycles. The summed E-state index contributed by atoms with van der Waals surface area (Å²) in [7, 11) is 0. The van der Waals surface area contributed by atoms with E-state index < -0.39 is 0 Å². The third kappa shape index (κ3) is 2.53. The molecule has 0 nitrogen and oxygen atoms in total. The van der Waals surface area contributed by atoms with Crippen LogP contribution in [0.5, 0.6) is 0 Å². The molecule has 0 N–H and O–H groups in total. The summed E-state index contributed by atoms with van der Waals surface area (Å²) in [6.07, 6.45) is 7.02. The Kier molecular flexibility index (Phi) is 3.33. The minimum absolute atomic E-state index is 1.14. The van der Waals surface area contributed by atoms with E-state index in [9.17, 15) is 0 Å². The molecule has 0 saturated heterocycles. The molecule has 0 radical (unpaired) electrons. The second kappa shape index (κ2) is 5.27. The molecule has 2 aromatic rings. The molecule has 0 unspecified atom stereocenters. The Hall–Kier alpha value is -2.08.